The van der Waals surface area contributed by atoms with Gasteiger partial charge in [-0.2, -0.15) is 10.3 Å². The number of aryl methyl sites for hydroxylation is 1. The number of nitrogens with one attached hydrogen (secondary N) is 1. The lowest BCUT2D eigenvalue weighted by Gasteiger charge is -2.25. The summed E-state index contributed by atoms with van der Waals surface area (Å²) in [6.45, 7) is 7.24. The number of nitrogens with two attached hydrogens (primary N) is 1. The number of hydrogen-bond acceptors (Lipinski definition) is 6. The highest BCUT2D eigenvalue weighted by Gasteiger charge is 2.24. The third-order valence-electron chi connectivity index (χ3n) is 7.20. The van der Waals surface area contributed by atoms with Gasteiger partial charge in [0.1, 0.15) is 5.82 Å². The van der Waals surface area contributed by atoms with Crippen LogP contribution in [0.15, 0.2) is 48.5 Å². The molecule has 0 amide bonds. The zero-order valence-electron chi connectivity index (χ0n) is 21.5. The molecule has 0 atom stereocenters. The van der Waals surface area contributed by atoms with Gasteiger partial charge in [0, 0.05) is 23.4 Å². The van der Waals surface area contributed by atoms with Crippen LogP contribution in [0, 0.1) is 5.92 Å². The van der Waals surface area contributed by atoms with Crippen molar-refractivity contribution < 1.29 is 0 Å². The number of H-pyrrole nitrogens is 1. The quantitative estimate of drug-likeness (QED) is 0.385. The van der Waals surface area contributed by atoms with Crippen molar-refractivity contribution >= 4 is 0 Å². The van der Waals surface area contributed by atoms with Crippen molar-refractivity contribution in [2.24, 2.45) is 11.7 Å². The summed E-state index contributed by atoms with van der Waals surface area (Å²) in [4.78, 5) is 4.99. The molecule has 36 heavy (non-hydrogen) atoms. The summed E-state index contributed by atoms with van der Waals surface area (Å²) in [6, 6.07) is 17.2. The summed E-state index contributed by atoms with van der Waals surface area (Å²) in [5.41, 5.74) is 10.4. The van der Waals surface area contributed by atoms with Gasteiger partial charge in [-0.25, -0.2) is 9.67 Å². The summed E-state index contributed by atoms with van der Waals surface area (Å²) in [7, 11) is 0. The van der Waals surface area contributed by atoms with E-state index in [4.69, 9.17) is 15.8 Å². The molecule has 188 valence electrons. The standard InChI is InChI=1S/C28H36N8/c1-28(2,3)27-30-25(17-12-19-10-15-22(29)16-11-19)36(33-27)18-20-8-13-21(14-9-20)23-6-4-5-7-24(23)26-31-34-35-32-26/h4-9,13-14,19,22H,10-12,15-18,29H2,1-3H3,(H,31,32,34,35). The molecule has 2 aromatic carbocycles. The van der Waals surface area contributed by atoms with Crippen LogP contribution >= 0.6 is 0 Å². The lowest BCUT2D eigenvalue weighted by Crippen LogP contribution is -2.26. The minimum absolute atomic E-state index is 0.0830. The van der Waals surface area contributed by atoms with Crippen LogP contribution in [0.3, 0.4) is 0 Å². The van der Waals surface area contributed by atoms with Gasteiger partial charge < -0.3 is 5.73 Å². The molecule has 8 heteroatoms. The minimum atomic E-state index is -0.0830. The summed E-state index contributed by atoms with van der Waals surface area (Å²) in [5.74, 6) is 3.33. The molecule has 0 bridgehead atoms. The molecule has 1 saturated carbocycles. The molecule has 5 rings (SSSR count). The minimum Gasteiger partial charge on any atom is -0.328 e. The van der Waals surface area contributed by atoms with E-state index in [2.05, 4.69) is 76.4 Å². The van der Waals surface area contributed by atoms with Crippen LogP contribution in [0.2, 0.25) is 0 Å². The smallest absolute Gasteiger partial charge is 0.205 e. The molecule has 3 N–H and O–H groups in total. The normalized spacial score (nSPS) is 18.4. The van der Waals surface area contributed by atoms with Gasteiger partial charge in [-0.1, -0.05) is 69.3 Å². The third kappa shape index (κ3) is 5.54. The first kappa shape index (κ1) is 24.3. The lowest BCUT2D eigenvalue weighted by molar-refractivity contribution is 0.308. The Kier molecular flexibility index (Phi) is 6.96. The Labute approximate surface area is 212 Å². The van der Waals surface area contributed by atoms with Crippen LogP contribution in [0.4, 0.5) is 0 Å². The first-order valence-corrected chi connectivity index (χ1v) is 13.0. The zero-order valence-corrected chi connectivity index (χ0v) is 21.5. The van der Waals surface area contributed by atoms with E-state index in [1.165, 1.54) is 18.4 Å². The van der Waals surface area contributed by atoms with Crippen molar-refractivity contribution in [3.63, 3.8) is 0 Å². The van der Waals surface area contributed by atoms with E-state index in [9.17, 15) is 0 Å². The van der Waals surface area contributed by atoms with Crippen molar-refractivity contribution in [1.82, 2.24) is 35.4 Å². The van der Waals surface area contributed by atoms with Gasteiger partial charge >= 0.3 is 0 Å². The molecule has 4 aromatic rings. The molecule has 0 unspecified atom stereocenters. The van der Waals surface area contributed by atoms with Gasteiger partial charge in [0.05, 0.1) is 6.54 Å². The van der Waals surface area contributed by atoms with Crippen molar-refractivity contribution in [3.05, 3.63) is 65.7 Å². The van der Waals surface area contributed by atoms with E-state index in [0.29, 0.717) is 18.4 Å². The van der Waals surface area contributed by atoms with E-state index in [1.807, 2.05) is 18.2 Å². The summed E-state index contributed by atoms with van der Waals surface area (Å²) in [5, 5.41) is 19.5. The van der Waals surface area contributed by atoms with Gasteiger partial charge in [0.15, 0.2) is 5.82 Å². The van der Waals surface area contributed by atoms with Gasteiger partial charge in [0.25, 0.3) is 0 Å². The number of nitrogens with zero attached hydrogens (tertiary/aromatic N) is 6. The summed E-state index contributed by atoms with van der Waals surface area (Å²) < 4.78 is 2.11. The topological polar surface area (TPSA) is 111 Å². The van der Waals surface area contributed by atoms with E-state index < -0.39 is 0 Å². The van der Waals surface area contributed by atoms with Gasteiger partial charge in [0.2, 0.25) is 5.82 Å². The monoisotopic (exact) mass is 484 g/mol. The highest BCUT2D eigenvalue weighted by molar-refractivity contribution is 5.80. The third-order valence-corrected chi connectivity index (χ3v) is 7.20. The first-order valence-electron chi connectivity index (χ1n) is 13.0. The average Bonchev–Trinajstić information content (AvgIpc) is 3.55. The maximum Gasteiger partial charge on any atom is 0.205 e. The zero-order chi connectivity index (χ0) is 25.1. The molecule has 2 heterocycles. The second-order valence-corrected chi connectivity index (χ2v) is 11.1. The van der Waals surface area contributed by atoms with E-state index in [1.54, 1.807) is 0 Å². The van der Waals surface area contributed by atoms with Crippen LogP contribution in [0.25, 0.3) is 22.5 Å². The predicted molar refractivity (Wildman–Crippen MR) is 141 cm³/mol. The highest BCUT2D eigenvalue weighted by Crippen LogP contribution is 2.30. The molecule has 0 radical (unpaired) electrons. The Balaban J connectivity index is 1.34. The maximum absolute atomic E-state index is 6.11. The molecule has 0 spiro atoms. The first-order chi connectivity index (χ1) is 17.4. The highest BCUT2D eigenvalue weighted by atomic mass is 15.5. The number of tetrazole rings is 1. The Morgan fingerprint density at radius 2 is 1.69 bits per heavy atom. The van der Waals surface area contributed by atoms with Crippen molar-refractivity contribution in [2.75, 3.05) is 0 Å². The van der Waals surface area contributed by atoms with Crippen molar-refractivity contribution in [2.45, 2.75) is 77.3 Å². The summed E-state index contributed by atoms with van der Waals surface area (Å²) in [6.07, 6.45) is 6.86. The fourth-order valence-electron chi connectivity index (χ4n) is 4.98. The van der Waals surface area contributed by atoms with Crippen LogP contribution in [0.5, 0.6) is 0 Å². The van der Waals surface area contributed by atoms with E-state index in [0.717, 1.165) is 59.9 Å². The van der Waals surface area contributed by atoms with E-state index >= 15 is 0 Å². The number of benzene rings is 2. The average molecular weight is 485 g/mol. The molecule has 8 nitrogen and oxygen atoms in total. The SMILES string of the molecule is CC(C)(C)c1nc(CCC2CCC(N)CC2)n(Cc2ccc(-c3ccccc3-c3nn[nH]n3)cc2)n1. The number of aromatic nitrogens is 7. The number of hydrogen-bond donors (Lipinski definition) is 2. The van der Waals surface area contributed by atoms with Crippen molar-refractivity contribution in [3.8, 4) is 22.5 Å². The Hall–Kier alpha value is -3.39. The largest absolute Gasteiger partial charge is 0.328 e. The fourth-order valence-corrected chi connectivity index (χ4v) is 4.98. The molecule has 1 fully saturated rings. The number of aromatic amines is 1. The van der Waals surface area contributed by atoms with Gasteiger partial charge in [-0.15, -0.1) is 10.2 Å². The number of rotatable bonds is 7. The molecule has 0 saturated heterocycles. The van der Waals surface area contributed by atoms with Crippen LogP contribution in [-0.2, 0) is 18.4 Å². The van der Waals surface area contributed by atoms with Crippen molar-refractivity contribution in [1.29, 1.82) is 0 Å². The van der Waals surface area contributed by atoms with Crippen LogP contribution < -0.4 is 5.73 Å². The van der Waals surface area contributed by atoms with E-state index in [-0.39, 0.29) is 5.41 Å². The van der Waals surface area contributed by atoms with Crippen LogP contribution in [0.1, 0.15) is 70.1 Å². The molecular formula is C28H36N8. The molecule has 0 aliphatic heterocycles. The molecule has 2 aromatic heterocycles. The second-order valence-electron chi connectivity index (χ2n) is 11.1. The Morgan fingerprint density at radius 3 is 2.36 bits per heavy atom. The molecule has 1 aliphatic carbocycles. The molecular weight excluding hydrogens is 448 g/mol. The van der Waals surface area contributed by atoms with Gasteiger partial charge in [-0.3, -0.25) is 0 Å². The van der Waals surface area contributed by atoms with Crippen LogP contribution in [-0.4, -0.2) is 41.4 Å². The molecule has 1 aliphatic rings. The fraction of sp³-hybridized carbons (Fsp3) is 0.464. The predicted octanol–water partition coefficient (Wildman–Crippen LogP) is 4.92. The Morgan fingerprint density at radius 1 is 0.972 bits per heavy atom. The Bertz CT molecular complexity index is 1260. The second kappa shape index (κ2) is 10.3. The van der Waals surface area contributed by atoms with Gasteiger partial charge in [-0.05, 0) is 59.9 Å². The maximum atomic E-state index is 6.11. The lowest BCUT2D eigenvalue weighted by atomic mass is 9.84. The summed E-state index contributed by atoms with van der Waals surface area (Å²) >= 11 is 0.